The molecular weight excluding hydrogens is 378 g/mol. The number of nitrogens with zero attached hydrogens (tertiary/aromatic N) is 1. The van der Waals surface area contributed by atoms with Crippen LogP contribution in [0.25, 0.3) is 0 Å². The fraction of sp³-hybridized carbons (Fsp3) is 0.500. The number of benzene rings is 2. The molecule has 3 rings (SSSR count). The average Bonchev–Trinajstić information content (AvgIpc) is 2.64. The molecule has 0 bridgehead atoms. The lowest BCUT2D eigenvalue weighted by Gasteiger charge is -2.38. The Kier molecular flexibility index (Phi) is 7.36. The Hall–Kier alpha value is -1.85. The summed E-state index contributed by atoms with van der Waals surface area (Å²) in [4.78, 5) is 2.48. The summed E-state index contributed by atoms with van der Waals surface area (Å²) in [5.41, 5.74) is 7.60. The number of ether oxygens (including phenoxy) is 1. The molecule has 0 aromatic heterocycles. The molecule has 0 spiro atoms. The van der Waals surface area contributed by atoms with Gasteiger partial charge in [-0.25, -0.2) is 0 Å². The fourth-order valence-electron chi connectivity index (χ4n) is 4.00. The van der Waals surface area contributed by atoms with Crippen LogP contribution in [0.4, 0.5) is 17.1 Å². The third kappa shape index (κ3) is 6.06. The molecule has 2 N–H and O–H groups in total. The Morgan fingerprint density at radius 3 is 2.14 bits per heavy atom. The zero-order valence-electron chi connectivity index (χ0n) is 18.6. The quantitative estimate of drug-likeness (QED) is 0.545. The summed E-state index contributed by atoms with van der Waals surface area (Å²) < 4.78 is 9.29. The van der Waals surface area contributed by atoms with Gasteiger partial charge >= 0.3 is 0 Å². The summed E-state index contributed by atoms with van der Waals surface area (Å²) in [5, 5.41) is 4.16. The van der Waals surface area contributed by atoms with E-state index in [1.807, 2.05) is 0 Å². The molecule has 0 unspecified atom stereocenters. The van der Waals surface area contributed by atoms with Crippen molar-refractivity contribution in [1.29, 1.82) is 0 Å². The Labute approximate surface area is 180 Å². The maximum atomic E-state index is 5.90. The maximum absolute atomic E-state index is 5.90. The molecule has 0 radical (unpaired) electrons. The number of morpholine rings is 1. The van der Waals surface area contributed by atoms with E-state index in [1.54, 1.807) is 11.9 Å². The van der Waals surface area contributed by atoms with Crippen molar-refractivity contribution in [2.24, 2.45) is 0 Å². The average molecular weight is 414 g/mol. The number of aryl methyl sites for hydroxylation is 2. The van der Waals surface area contributed by atoms with Crippen molar-refractivity contribution >= 4 is 29.0 Å². The standard InChI is InChI=1S/C24H35N3OS/c1-16(2)29-26-22-9-7-21(8-10-22)13-25-23-11-17(3)24(18(4)12-23)27-14-19(5)28-20(6)15-27/h7-12,16,19-20,25-26H,13-15H2,1-6H3/t19-,20+. The van der Waals surface area contributed by atoms with E-state index in [1.165, 1.54) is 28.1 Å². The molecule has 5 heteroatoms. The van der Waals surface area contributed by atoms with E-state index in [9.17, 15) is 0 Å². The highest BCUT2D eigenvalue weighted by Gasteiger charge is 2.24. The van der Waals surface area contributed by atoms with Crippen LogP contribution >= 0.6 is 11.9 Å². The van der Waals surface area contributed by atoms with Gasteiger partial charge in [0.15, 0.2) is 0 Å². The van der Waals surface area contributed by atoms with Gasteiger partial charge < -0.3 is 19.7 Å². The van der Waals surface area contributed by atoms with Gasteiger partial charge in [0.1, 0.15) is 0 Å². The van der Waals surface area contributed by atoms with Crippen LogP contribution in [0.2, 0.25) is 0 Å². The number of rotatable bonds is 7. The predicted molar refractivity (Wildman–Crippen MR) is 128 cm³/mol. The first-order chi connectivity index (χ1) is 13.8. The van der Waals surface area contributed by atoms with Gasteiger partial charge in [-0.15, -0.1) is 0 Å². The summed E-state index contributed by atoms with van der Waals surface area (Å²) in [6.07, 6.45) is 0.540. The molecule has 1 aliphatic heterocycles. The van der Waals surface area contributed by atoms with E-state index in [0.717, 1.165) is 25.3 Å². The van der Waals surface area contributed by atoms with Crippen LogP contribution in [0.5, 0.6) is 0 Å². The monoisotopic (exact) mass is 413 g/mol. The molecule has 1 aliphatic rings. The normalized spacial score (nSPS) is 19.5. The van der Waals surface area contributed by atoms with Gasteiger partial charge in [0, 0.05) is 41.9 Å². The second-order valence-electron chi connectivity index (χ2n) is 8.44. The fourth-order valence-corrected chi connectivity index (χ4v) is 4.51. The van der Waals surface area contributed by atoms with Crippen molar-refractivity contribution < 1.29 is 4.74 Å². The van der Waals surface area contributed by atoms with Crippen molar-refractivity contribution in [1.82, 2.24) is 0 Å². The minimum absolute atomic E-state index is 0.270. The van der Waals surface area contributed by atoms with Gasteiger partial charge in [0.25, 0.3) is 0 Å². The summed E-state index contributed by atoms with van der Waals surface area (Å²) in [7, 11) is 0. The molecule has 29 heavy (non-hydrogen) atoms. The maximum Gasteiger partial charge on any atom is 0.0726 e. The highest BCUT2D eigenvalue weighted by atomic mass is 32.2. The zero-order valence-corrected chi connectivity index (χ0v) is 19.4. The van der Waals surface area contributed by atoms with Crippen LogP contribution in [0.15, 0.2) is 36.4 Å². The number of anilines is 3. The molecule has 1 saturated heterocycles. The summed E-state index contributed by atoms with van der Waals surface area (Å²) in [6, 6.07) is 13.2. The third-order valence-corrected chi connectivity index (χ3v) is 5.91. The molecule has 1 fully saturated rings. The molecule has 2 aromatic rings. The zero-order chi connectivity index (χ0) is 21.0. The van der Waals surface area contributed by atoms with Gasteiger partial charge in [0.05, 0.1) is 12.2 Å². The van der Waals surface area contributed by atoms with Gasteiger partial charge in [-0.3, -0.25) is 0 Å². The third-order valence-electron chi connectivity index (χ3n) is 5.09. The number of hydrogen-bond acceptors (Lipinski definition) is 5. The van der Waals surface area contributed by atoms with Crippen LogP contribution in [0.1, 0.15) is 44.4 Å². The molecule has 0 aliphatic carbocycles. The van der Waals surface area contributed by atoms with Crippen molar-refractivity contribution in [3.8, 4) is 0 Å². The van der Waals surface area contributed by atoms with Crippen LogP contribution in [0.3, 0.4) is 0 Å². The van der Waals surface area contributed by atoms with E-state index in [0.29, 0.717) is 5.25 Å². The summed E-state index contributed by atoms with van der Waals surface area (Å²) >= 11 is 1.74. The Morgan fingerprint density at radius 1 is 1.00 bits per heavy atom. The molecule has 0 amide bonds. The first kappa shape index (κ1) is 21.8. The van der Waals surface area contributed by atoms with Gasteiger partial charge in [0.2, 0.25) is 0 Å². The van der Waals surface area contributed by atoms with Crippen molar-refractivity contribution in [2.45, 2.75) is 65.5 Å². The molecule has 1 heterocycles. The van der Waals surface area contributed by atoms with Crippen molar-refractivity contribution in [2.75, 3.05) is 28.0 Å². The highest BCUT2D eigenvalue weighted by molar-refractivity contribution is 8.01. The van der Waals surface area contributed by atoms with E-state index >= 15 is 0 Å². The molecule has 2 aromatic carbocycles. The van der Waals surface area contributed by atoms with E-state index in [-0.39, 0.29) is 12.2 Å². The van der Waals surface area contributed by atoms with E-state index < -0.39 is 0 Å². The summed E-state index contributed by atoms with van der Waals surface area (Å²) in [6.45, 7) is 15.8. The topological polar surface area (TPSA) is 36.5 Å². The lowest BCUT2D eigenvalue weighted by atomic mass is 10.0. The molecular formula is C24H35N3OS. The lowest BCUT2D eigenvalue weighted by molar-refractivity contribution is -0.00527. The minimum atomic E-state index is 0.270. The van der Waals surface area contributed by atoms with Crippen LogP contribution in [0, 0.1) is 13.8 Å². The van der Waals surface area contributed by atoms with Crippen LogP contribution < -0.4 is 14.9 Å². The van der Waals surface area contributed by atoms with Crippen LogP contribution in [-0.4, -0.2) is 30.5 Å². The van der Waals surface area contributed by atoms with Gasteiger partial charge in [-0.2, -0.15) is 0 Å². The predicted octanol–water partition coefficient (Wildman–Crippen LogP) is 6.00. The smallest absolute Gasteiger partial charge is 0.0726 e. The Balaban J connectivity index is 1.63. The van der Waals surface area contributed by atoms with Crippen LogP contribution in [-0.2, 0) is 11.3 Å². The first-order valence-electron chi connectivity index (χ1n) is 10.6. The first-order valence-corrected chi connectivity index (χ1v) is 11.5. The van der Waals surface area contributed by atoms with Gasteiger partial charge in [-0.1, -0.05) is 26.0 Å². The minimum Gasteiger partial charge on any atom is -0.381 e. The molecule has 0 saturated carbocycles. The second-order valence-corrected chi connectivity index (χ2v) is 9.82. The Bertz CT molecular complexity index is 773. The van der Waals surface area contributed by atoms with Crippen molar-refractivity contribution in [3.63, 3.8) is 0 Å². The SMILES string of the molecule is Cc1cc(NCc2ccc(NSC(C)C)cc2)cc(C)c1N1C[C@@H](C)O[C@@H](C)C1. The largest absolute Gasteiger partial charge is 0.381 e. The van der Waals surface area contributed by atoms with E-state index in [2.05, 4.69) is 92.9 Å². The lowest BCUT2D eigenvalue weighted by Crippen LogP contribution is -2.46. The van der Waals surface area contributed by atoms with E-state index in [4.69, 9.17) is 4.74 Å². The number of hydrogen-bond donors (Lipinski definition) is 2. The summed E-state index contributed by atoms with van der Waals surface area (Å²) in [5.74, 6) is 0. The van der Waals surface area contributed by atoms with Gasteiger partial charge in [-0.05, 0) is 80.6 Å². The molecule has 158 valence electrons. The molecule has 2 atom stereocenters. The number of nitrogens with one attached hydrogen (secondary N) is 2. The molecule has 4 nitrogen and oxygen atoms in total. The Morgan fingerprint density at radius 2 is 1.59 bits per heavy atom. The second kappa shape index (κ2) is 9.77. The highest BCUT2D eigenvalue weighted by Crippen LogP contribution is 2.31. The van der Waals surface area contributed by atoms with Crippen molar-refractivity contribution in [3.05, 3.63) is 53.1 Å².